The Kier molecular flexibility index (Phi) is 22.6. The SMILES string of the molecule is C[C@@H]1O[C@@H](O[C@H]2[C@H](OC3CC[C@@]4(C)[C@@H](CC[C@]5(C)[C@@H]4CC=C4[C@@H]6CC(C)(C)CC[C@]6(C(=O)O[C@@H]6O[C@H](CO[C@@H]7O[C@H](CO)[C@@H](O)[C@H](O)[C@H]7O)[C@@H](O)[C@H](O)[C@H]6O)CC[C@]45C)[C@]3(C)CO)OC[C@H](O)[C@@H]2O)[C@H](O)[C@H](O[C@@H]2O[C@H](CO)[C@@H](O[C@@H]3O[C@H](CO)[C@@H](O)[C@H](O)[C@H]3O)[C@H](O)[C@H]2O)[C@H]1O. The summed E-state index contributed by atoms with van der Waals surface area (Å²) in [6.07, 6.45) is -42.2. The second kappa shape index (κ2) is 28.8. The summed E-state index contributed by atoms with van der Waals surface area (Å²) in [5.74, 6) is -1.05. The van der Waals surface area contributed by atoms with Crippen LogP contribution in [0.1, 0.15) is 113 Å². The van der Waals surface area contributed by atoms with Gasteiger partial charge in [-0.05, 0) is 111 Å². The molecule has 10 fully saturated rings. The molecule has 0 aromatic carbocycles. The normalized spacial score (nSPS) is 54.7. The van der Waals surface area contributed by atoms with Gasteiger partial charge in [-0.25, -0.2) is 0 Å². The molecule has 97 heavy (non-hydrogen) atoms. The number of ether oxygens (including phenoxy) is 12. The number of carbonyl (C=O) groups excluding carboxylic acids is 1. The second-order valence-corrected chi connectivity index (χ2v) is 31.3. The number of esters is 1. The van der Waals surface area contributed by atoms with Gasteiger partial charge in [0.25, 0.3) is 0 Å². The maximum absolute atomic E-state index is 15.2. The molecule has 1 unspecified atom stereocenters. The molecular formula is C65H106O32. The number of carbonyl (C=O) groups is 1. The summed E-state index contributed by atoms with van der Waals surface area (Å²) in [7, 11) is 0. The van der Waals surface area contributed by atoms with Gasteiger partial charge in [-0.3, -0.25) is 4.79 Å². The first kappa shape index (κ1) is 76.1. The number of aliphatic hydroxyl groups excluding tert-OH is 19. The predicted octanol–water partition coefficient (Wildman–Crippen LogP) is -5.75. The van der Waals surface area contributed by atoms with E-state index in [1.54, 1.807) is 0 Å². The molecule has 11 rings (SSSR count). The van der Waals surface area contributed by atoms with Gasteiger partial charge in [-0.1, -0.05) is 53.2 Å². The lowest BCUT2D eigenvalue weighted by molar-refractivity contribution is -0.390. The van der Waals surface area contributed by atoms with Crippen LogP contribution >= 0.6 is 0 Å². The van der Waals surface area contributed by atoms with Crippen molar-refractivity contribution in [3.63, 3.8) is 0 Å². The van der Waals surface area contributed by atoms with Crippen LogP contribution in [-0.2, 0) is 61.6 Å². The van der Waals surface area contributed by atoms with Crippen molar-refractivity contribution in [1.29, 1.82) is 0 Å². The van der Waals surface area contributed by atoms with E-state index in [4.69, 9.17) is 56.8 Å². The molecule has 19 N–H and O–H groups in total. The highest BCUT2D eigenvalue weighted by Crippen LogP contribution is 2.76. The van der Waals surface area contributed by atoms with Crippen LogP contribution in [0.4, 0.5) is 0 Å². The van der Waals surface area contributed by atoms with Crippen molar-refractivity contribution in [2.24, 2.45) is 50.2 Å². The maximum atomic E-state index is 15.2. The summed E-state index contributed by atoms with van der Waals surface area (Å²) >= 11 is 0. The Morgan fingerprint density at radius 3 is 1.66 bits per heavy atom. The Morgan fingerprint density at radius 1 is 0.495 bits per heavy atom. The molecule has 4 saturated carbocycles. The second-order valence-electron chi connectivity index (χ2n) is 31.3. The molecule has 0 spiro atoms. The summed E-state index contributed by atoms with van der Waals surface area (Å²) in [4.78, 5) is 15.2. The molecule has 6 heterocycles. The molecular weight excluding hydrogens is 1290 g/mol. The molecule has 6 aliphatic heterocycles. The van der Waals surface area contributed by atoms with Gasteiger partial charge in [0.1, 0.15) is 134 Å². The summed E-state index contributed by atoms with van der Waals surface area (Å²) < 4.78 is 71.2. The maximum Gasteiger partial charge on any atom is 0.315 e. The molecule has 32 heteroatoms. The smallest absolute Gasteiger partial charge is 0.315 e. The van der Waals surface area contributed by atoms with Gasteiger partial charge in [0.05, 0.1) is 57.3 Å². The third-order valence-corrected chi connectivity index (χ3v) is 25.3. The molecule has 5 aliphatic carbocycles. The number of aliphatic hydroxyl groups is 19. The van der Waals surface area contributed by atoms with E-state index in [0.29, 0.717) is 57.8 Å². The van der Waals surface area contributed by atoms with E-state index in [1.165, 1.54) is 6.92 Å². The quantitative estimate of drug-likeness (QED) is 0.0366. The first-order valence-electron chi connectivity index (χ1n) is 34.3. The van der Waals surface area contributed by atoms with E-state index in [1.807, 2.05) is 6.92 Å². The largest absolute Gasteiger partial charge is 0.432 e. The average molecular weight is 1400 g/mol. The van der Waals surface area contributed by atoms with Crippen LogP contribution in [0, 0.1) is 50.2 Å². The van der Waals surface area contributed by atoms with Crippen molar-refractivity contribution in [3.8, 4) is 0 Å². The van der Waals surface area contributed by atoms with Crippen LogP contribution < -0.4 is 0 Å². The summed E-state index contributed by atoms with van der Waals surface area (Å²) in [5, 5.41) is 206. The fraction of sp³-hybridized carbons (Fsp3) is 0.954. The predicted molar refractivity (Wildman–Crippen MR) is 322 cm³/mol. The minimum Gasteiger partial charge on any atom is -0.432 e. The lowest BCUT2D eigenvalue weighted by atomic mass is 9.33. The van der Waals surface area contributed by atoms with Crippen LogP contribution in [0.25, 0.3) is 0 Å². The van der Waals surface area contributed by atoms with E-state index in [-0.39, 0.29) is 35.2 Å². The number of hydrogen-bond donors (Lipinski definition) is 19. The van der Waals surface area contributed by atoms with Gasteiger partial charge in [0.15, 0.2) is 31.5 Å². The van der Waals surface area contributed by atoms with E-state index < -0.39 is 245 Å². The van der Waals surface area contributed by atoms with E-state index >= 15 is 4.79 Å². The van der Waals surface area contributed by atoms with Gasteiger partial charge in [-0.15, -0.1) is 0 Å². The van der Waals surface area contributed by atoms with E-state index in [9.17, 15) is 97.0 Å². The van der Waals surface area contributed by atoms with Crippen molar-refractivity contribution < 1.29 is 159 Å². The Labute approximate surface area is 561 Å². The standard InChI is InChI=1S/C65H106O32/c1-25-36(71)51(95-55-48(83)44(79)50(31(21-68)91-55)94-54-46(81)42(77)39(74)30(20-67)90-54)49(84)57(88-25)96-52-37(72)28(70)22-86-58(52)93-35-11-12-61(4)33(62(35,5)24-69)10-13-64(7)34(61)9-8-26-27-18-60(2,3)14-16-65(27,17-15-63(26,64)6)59(85)97-56-47(82)43(78)40(75)32(92-56)23-87-53-45(80)41(76)38(73)29(19-66)89-53/h8,25,27-58,66-84H,9-24H2,1-7H3/t25-,27-,28-,29+,30+,31+,32+,33+,34+,35?,36-,37-,38+,39+,40+,41-,42-,43-,44+,45+,46+,47+,48+,49+,50+,51+,52+,53+,54-,55-,56-,57-,58-,61-,62-,63+,64+,65-/m0/s1. The molecule has 558 valence electrons. The minimum absolute atomic E-state index is 0.0526. The summed E-state index contributed by atoms with van der Waals surface area (Å²) in [5.41, 5.74) is -2.30. The molecule has 32 nitrogen and oxygen atoms in total. The monoisotopic (exact) mass is 1400 g/mol. The van der Waals surface area contributed by atoms with Gasteiger partial charge in [0.2, 0.25) is 6.29 Å². The molecule has 0 radical (unpaired) electrons. The molecule has 38 atom stereocenters. The van der Waals surface area contributed by atoms with E-state index in [2.05, 4.69) is 40.7 Å². The van der Waals surface area contributed by atoms with Crippen molar-refractivity contribution in [1.82, 2.24) is 0 Å². The average Bonchev–Trinajstić information content (AvgIpc) is 0.675. The molecule has 0 aromatic rings. The molecule has 11 aliphatic rings. The van der Waals surface area contributed by atoms with Crippen LogP contribution in [0.5, 0.6) is 0 Å². The topological polar surface area (TPSA) is 512 Å². The number of rotatable bonds is 17. The Morgan fingerprint density at radius 2 is 1.03 bits per heavy atom. The van der Waals surface area contributed by atoms with Gasteiger partial charge < -0.3 is 154 Å². The molecule has 0 aromatic heterocycles. The highest BCUT2D eigenvalue weighted by Gasteiger charge is 2.71. The lowest BCUT2D eigenvalue weighted by Gasteiger charge is -2.71. The number of allylic oxidation sites excluding steroid dienone is 2. The van der Waals surface area contributed by atoms with E-state index in [0.717, 1.165) is 12.0 Å². The van der Waals surface area contributed by atoms with Gasteiger partial charge in [0, 0.05) is 5.41 Å². The Bertz CT molecular complexity index is 2710. The van der Waals surface area contributed by atoms with Crippen molar-refractivity contribution in [2.75, 3.05) is 39.6 Å². The summed E-state index contributed by atoms with van der Waals surface area (Å²) in [6, 6.07) is 0. The fourth-order valence-corrected chi connectivity index (χ4v) is 19.0. The first-order chi connectivity index (χ1) is 45.6. The Balaban J connectivity index is 0.772. The van der Waals surface area contributed by atoms with Crippen LogP contribution in [0.2, 0.25) is 0 Å². The third-order valence-electron chi connectivity index (χ3n) is 25.3. The lowest BCUT2D eigenvalue weighted by Crippen LogP contribution is -2.67. The number of fused-ring (bicyclic) bond motifs is 7. The van der Waals surface area contributed by atoms with Crippen molar-refractivity contribution in [2.45, 2.75) is 297 Å². The zero-order valence-electron chi connectivity index (χ0n) is 55.7. The highest BCUT2D eigenvalue weighted by molar-refractivity contribution is 5.79. The molecule has 0 amide bonds. The first-order valence-corrected chi connectivity index (χ1v) is 34.3. The summed E-state index contributed by atoms with van der Waals surface area (Å²) in [6.45, 7) is 10.9. The highest BCUT2D eigenvalue weighted by atomic mass is 16.8. The van der Waals surface area contributed by atoms with Crippen molar-refractivity contribution >= 4 is 5.97 Å². The van der Waals surface area contributed by atoms with Crippen LogP contribution in [-0.4, -0.2) is 327 Å². The zero-order valence-corrected chi connectivity index (χ0v) is 55.7. The Hall–Kier alpha value is -1.99. The fourth-order valence-electron chi connectivity index (χ4n) is 19.0. The third kappa shape index (κ3) is 13.2. The van der Waals surface area contributed by atoms with Crippen LogP contribution in [0.3, 0.4) is 0 Å². The van der Waals surface area contributed by atoms with Gasteiger partial charge in [-0.2, -0.15) is 0 Å². The molecule has 0 bridgehead atoms. The minimum atomic E-state index is -2.06. The van der Waals surface area contributed by atoms with Gasteiger partial charge >= 0.3 is 5.97 Å². The van der Waals surface area contributed by atoms with Crippen LogP contribution in [0.15, 0.2) is 11.6 Å². The zero-order chi connectivity index (χ0) is 70.7. The molecule has 6 saturated heterocycles. The number of hydrogen-bond acceptors (Lipinski definition) is 32. The van der Waals surface area contributed by atoms with Crippen molar-refractivity contribution in [3.05, 3.63) is 11.6 Å².